The molecule has 0 radical (unpaired) electrons. The number of allylic oxidation sites excluding steroid dienone is 1. The van der Waals surface area contributed by atoms with Crippen molar-refractivity contribution < 1.29 is 5.11 Å². The van der Waals surface area contributed by atoms with Crippen LogP contribution >= 0.6 is 0 Å². The second-order valence-corrected chi connectivity index (χ2v) is 8.15. The van der Waals surface area contributed by atoms with Crippen molar-refractivity contribution in [1.82, 2.24) is 30.0 Å². The Morgan fingerprint density at radius 3 is 1.97 bits per heavy atom. The van der Waals surface area contributed by atoms with E-state index in [1.807, 2.05) is 19.2 Å². The summed E-state index contributed by atoms with van der Waals surface area (Å²) in [4.78, 5) is 3.14. The molecule has 7 heteroatoms. The van der Waals surface area contributed by atoms with Gasteiger partial charge in [-0.25, -0.2) is 0 Å². The van der Waals surface area contributed by atoms with Crippen molar-refractivity contribution in [3.05, 3.63) is 53.6 Å². The molecule has 0 aliphatic heterocycles. The van der Waals surface area contributed by atoms with Gasteiger partial charge in [-0.15, -0.1) is 11.7 Å². The van der Waals surface area contributed by atoms with E-state index in [-0.39, 0.29) is 13.2 Å². The normalized spacial score (nSPS) is 12.7. The number of hydrogen-bond acceptors (Lipinski definition) is 5. The summed E-state index contributed by atoms with van der Waals surface area (Å²) in [6.07, 6.45) is 3.97. The molecule has 4 aromatic rings. The summed E-state index contributed by atoms with van der Waals surface area (Å²) < 4.78 is 0. The fourth-order valence-corrected chi connectivity index (χ4v) is 3.73. The number of aromatic hydroxyl groups is 1. The average molecular weight is 437 g/mol. The number of rotatable bonds is 5. The smallest absolute Gasteiger partial charge is 0.155 e. The summed E-state index contributed by atoms with van der Waals surface area (Å²) in [7, 11) is 3.63. The molecule has 0 fully saturated rings. The Kier molecular flexibility index (Phi) is 8.14. The van der Waals surface area contributed by atoms with Gasteiger partial charge < -0.3 is 5.11 Å². The maximum Gasteiger partial charge on any atom is 0.155 e. The first kappa shape index (κ1) is 25.0. The van der Waals surface area contributed by atoms with Crippen LogP contribution in [-0.4, -0.2) is 35.1 Å². The molecule has 2 aromatic heterocycles. The van der Waals surface area contributed by atoms with Crippen molar-refractivity contribution in [2.45, 2.75) is 59.8 Å². The maximum atomic E-state index is 9.65. The predicted molar refractivity (Wildman–Crippen MR) is 132 cm³/mol. The van der Waals surface area contributed by atoms with Gasteiger partial charge in [0.15, 0.2) is 5.52 Å². The second-order valence-electron chi connectivity index (χ2n) is 8.15. The summed E-state index contributed by atoms with van der Waals surface area (Å²) >= 11 is 0. The molecule has 172 valence electrons. The molecule has 0 saturated carbocycles. The Bertz CT molecular complexity index is 1210. The Morgan fingerprint density at radius 1 is 0.875 bits per heavy atom. The molecule has 0 aliphatic rings. The van der Waals surface area contributed by atoms with Gasteiger partial charge in [0, 0.05) is 14.1 Å². The molecule has 2 atom stereocenters. The molecule has 0 saturated heterocycles. The van der Waals surface area contributed by atoms with Gasteiger partial charge in [0.2, 0.25) is 0 Å². The molecule has 0 aliphatic carbocycles. The molecule has 2 aromatic carbocycles. The molecule has 7 nitrogen and oxygen atoms in total. The SMILES string of the molecule is C.C=CCC(C)c1ccc(C)c2nn(C)nc12.CCC(C)c1ccc(O)c2nn(C)nc12. The first-order valence-electron chi connectivity index (χ1n) is 10.7. The fourth-order valence-electron chi connectivity index (χ4n) is 3.73. The van der Waals surface area contributed by atoms with E-state index in [2.05, 4.69) is 66.8 Å². The van der Waals surface area contributed by atoms with Gasteiger partial charge in [0.05, 0.1) is 0 Å². The van der Waals surface area contributed by atoms with Crippen molar-refractivity contribution in [3.8, 4) is 5.75 Å². The van der Waals surface area contributed by atoms with E-state index < -0.39 is 0 Å². The number of nitrogens with zero attached hydrogens (tertiary/aromatic N) is 6. The molecule has 32 heavy (non-hydrogen) atoms. The third-order valence-corrected chi connectivity index (χ3v) is 5.72. The standard InChI is InChI=1S/C13H17N3.C11H15N3O.CH4/c1-5-6-9(2)11-8-7-10(3)12-13(11)15-16(4)14-12;1-4-7(2)8-5-6-9(15)11-10(8)12-14(3)13-11;/h5,7-9H,1,6H2,2-4H3;5-7,15H,4H2,1-3H3;1H4. The number of aryl methyl sites for hydroxylation is 3. The number of fused-ring (bicyclic) bond motifs is 2. The first-order chi connectivity index (χ1) is 14.8. The highest BCUT2D eigenvalue weighted by Crippen LogP contribution is 2.30. The summed E-state index contributed by atoms with van der Waals surface area (Å²) in [5.41, 5.74) is 7.03. The summed E-state index contributed by atoms with van der Waals surface area (Å²) in [5.74, 6) is 1.08. The van der Waals surface area contributed by atoms with Crippen molar-refractivity contribution in [2.75, 3.05) is 0 Å². The second kappa shape index (κ2) is 10.4. The lowest BCUT2D eigenvalue weighted by molar-refractivity contribution is 0.479. The largest absolute Gasteiger partial charge is 0.506 e. The number of aromatic nitrogens is 6. The molecule has 2 heterocycles. The van der Waals surface area contributed by atoms with Gasteiger partial charge in [0.1, 0.15) is 22.3 Å². The lowest BCUT2D eigenvalue weighted by atomic mass is 9.95. The van der Waals surface area contributed by atoms with Crippen molar-refractivity contribution in [2.24, 2.45) is 14.1 Å². The van der Waals surface area contributed by atoms with Crippen molar-refractivity contribution >= 4 is 22.1 Å². The first-order valence-corrected chi connectivity index (χ1v) is 10.7. The lowest BCUT2D eigenvalue weighted by Gasteiger charge is -2.09. The third kappa shape index (κ3) is 4.98. The summed E-state index contributed by atoms with van der Waals surface area (Å²) in [6.45, 7) is 12.3. The van der Waals surface area contributed by atoms with Gasteiger partial charge in [-0.2, -0.15) is 24.9 Å². The van der Waals surface area contributed by atoms with Crippen LogP contribution in [0, 0.1) is 6.92 Å². The highest BCUT2D eigenvalue weighted by molar-refractivity contribution is 5.84. The van der Waals surface area contributed by atoms with Crippen LogP contribution in [0.2, 0.25) is 0 Å². The highest BCUT2D eigenvalue weighted by Gasteiger charge is 2.15. The lowest BCUT2D eigenvalue weighted by Crippen LogP contribution is -1.95. The number of hydrogen-bond donors (Lipinski definition) is 1. The van der Waals surface area contributed by atoms with E-state index in [1.54, 1.807) is 17.9 Å². The van der Waals surface area contributed by atoms with Gasteiger partial charge in [0.25, 0.3) is 0 Å². The minimum atomic E-state index is 0. The third-order valence-electron chi connectivity index (χ3n) is 5.72. The van der Waals surface area contributed by atoms with Crippen LogP contribution in [0.5, 0.6) is 5.75 Å². The Hall–Kier alpha value is -3.22. The number of phenolic OH excluding ortho intramolecular Hbond substituents is 1. The van der Waals surface area contributed by atoms with Gasteiger partial charge in [-0.3, -0.25) is 0 Å². The predicted octanol–water partition coefficient (Wildman–Crippen LogP) is 5.78. The minimum Gasteiger partial charge on any atom is -0.506 e. The van der Waals surface area contributed by atoms with E-state index in [9.17, 15) is 5.11 Å². The summed E-state index contributed by atoms with van der Waals surface area (Å²) in [6, 6.07) is 7.89. The molecule has 0 bridgehead atoms. The maximum absolute atomic E-state index is 9.65. The van der Waals surface area contributed by atoms with E-state index in [0.717, 1.165) is 35.0 Å². The zero-order valence-electron chi connectivity index (χ0n) is 19.3. The highest BCUT2D eigenvalue weighted by atomic mass is 16.3. The van der Waals surface area contributed by atoms with Gasteiger partial charge in [-0.1, -0.05) is 52.5 Å². The van der Waals surface area contributed by atoms with E-state index in [0.29, 0.717) is 17.4 Å². The van der Waals surface area contributed by atoms with Crippen LogP contribution in [0.4, 0.5) is 0 Å². The number of benzene rings is 2. The molecule has 4 rings (SSSR count). The van der Waals surface area contributed by atoms with Crippen LogP contribution in [0.25, 0.3) is 22.1 Å². The zero-order chi connectivity index (χ0) is 22.7. The van der Waals surface area contributed by atoms with Crippen molar-refractivity contribution in [3.63, 3.8) is 0 Å². The topological polar surface area (TPSA) is 81.6 Å². The van der Waals surface area contributed by atoms with E-state index in [1.165, 1.54) is 15.9 Å². The van der Waals surface area contributed by atoms with Crippen LogP contribution in [-0.2, 0) is 14.1 Å². The monoisotopic (exact) mass is 436 g/mol. The average Bonchev–Trinajstić information content (AvgIpc) is 3.32. The van der Waals surface area contributed by atoms with Gasteiger partial charge >= 0.3 is 0 Å². The Labute approximate surface area is 190 Å². The van der Waals surface area contributed by atoms with Crippen LogP contribution in [0.1, 0.15) is 69.6 Å². The Balaban J connectivity index is 0.000000220. The molecule has 1 N–H and O–H groups in total. The molecular weight excluding hydrogens is 400 g/mol. The van der Waals surface area contributed by atoms with Crippen LogP contribution in [0.3, 0.4) is 0 Å². The van der Waals surface area contributed by atoms with E-state index >= 15 is 0 Å². The molecule has 2 unspecified atom stereocenters. The van der Waals surface area contributed by atoms with Crippen molar-refractivity contribution in [1.29, 1.82) is 0 Å². The minimum absolute atomic E-state index is 0. The molecule has 0 spiro atoms. The van der Waals surface area contributed by atoms with Crippen LogP contribution in [0.15, 0.2) is 36.9 Å². The van der Waals surface area contributed by atoms with Gasteiger partial charge in [-0.05, 0) is 54.4 Å². The zero-order valence-corrected chi connectivity index (χ0v) is 19.3. The van der Waals surface area contributed by atoms with E-state index in [4.69, 9.17) is 0 Å². The molecular formula is C25H36N6O. The summed E-state index contributed by atoms with van der Waals surface area (Å²) in [5, 5.41) is 26.9. The number of phenols is 1. The van der Waals surface area contributed by atoms with Crippen LogP contribution < -0.4 is 0 Å². The molecule has 0 amide bonds. The Morgan fingerprint density at radius 2 is 1.38 bits per heavy atom. The fraction of sp³-hybridized carbons (Fsp3) is 0.440. The quantitative estimate of drug-likeness (QED) is 0.401.